The zero-order valence-corrected chi connectivity index (χ0v) is 13.5. The van der Waals surface area contributed by atoms with Crippen LogP contribution in [0.25, 0.3) is 0 Å². The Morgan fingerprint density at radius 3 is 2.50 bits per heavy atom. The highest BCUT2D eigenvalue weighted by molar-refractivity contribution is 7.90. The average molecular weight is 299 g/mol. The molecule has 6 heteroatoms. The quantitative estimate of drug-likeness (QED) is 0.721. The molecule has 0 aliphatic carbocycles. The van der Waals surface area contributed by atoms with E-state index >= 15 is 0 Å². The average Bonchev–Trinajstić information content (AvgIpc) is 2.38. The van der Waals surface area contributed by atoms with Gasteiger partial charge in [-0.1, -0.05) is 13.0 Å². The molecule has 114 valence electrons. The molecular weight excluding hydrogens is 274 g/mol. The Bertz CT molecular complexity index is 529. The monoisotopic (exact) mass is 299 g/mol. The number of hydrogen-bond acceptors (Lipinski definition) is 3. The third-order valence-corrected chi connectivity index (χ3v) is 4.74. The van der Waals surface area contributed by atoms with E-state index in [1.807, 2.05) is 32.9 Å². The number of aryl methyl sites for hydroxylation is 2. The number of nitrogens with one attached hydrogen (secondary N) is 2. The molecule has 0 bridgehead atoms. The predicted molar refractivity (Wildman–Crippen MR) is 84.2 cm³/mol. The molecule has 1 rings (SSSR count). The molecule has 0 unspecified atom stereocenters. The van der Waals surface area contributed by atoms with Crippen LogP contribution >= 0.6 is 0 Å². The van der Waals surface area contributed by atoms with E-state index in [0.717, 1.165) is 30.6 Å². The number of hydrogen-bond donors (Lipinski definition) is 2. The lowest BCUT2D eigenvalue weighted by Crippen LogP contribution is -2.34. The molecule has 2 N–H and O–H groups in total. The minimum atomic E-state index is -3.47. The highest BCUT2D eigenvalue weighted by atomic mass is 32.2. The molecule has 0 atom stereocenters. The number of rotatable bonds is 8. The van der Waals surface area contributed by atoms with Gasteiger partial charge in [-0.05, 0) is 56.6 Å². The number of anilines is 1. The highest BCUT2D eigenvalue weighted by Crippen LogP contribution is 2.16. The lowest BCUT2D eigenvalue weighted by atomic mass is 10.1. The Morgan fingerprint density at radius 1 is 1.20 bits per heavy atom. The summed E-state index contributed by atoms with van der Waals surface area (Å²) < 4.78 is 28.3. The van der Waals surface area contributed by atoms with Gasteiger partial charge in [0.25, 0.3) is 0 Å². The van der Waals surface area contributed by atoms with Crippen molar-refractivity contribution in [3.8, 4) is 0 Å². The van der Waals surface area contributed by atoms with Gasteiger partial charge in [0, 0.05) is 13.6 Å². The summed E-state index contributed by atoms with van der Waals surface area (Å²) in [4.78, 5) is 0. The van der Waals surface area contributed by atoms with Crippen molar-refractivity contribution in [1.29, 1.82) is 0 Å². The van der Waals surface area contributed by atoms with E-state index in [0.29, 0.717) is 12.2 Å². The minimum absolute atomic E-state index is 0.493. The number of nitrogens with zero attached hydrogens (tertiary/aromatic N) is 1. The Balaban J connectivity index is 2.61. The van der Waals surface area contributed by atoms with Crippen molar-refractivity contribution in [2.75, 3.05) is 31.4 Å². The van der Waals surface area contributed by atoms with E-state index in [2.05, 4.69) is 10.0 Å². The summed E-state index contributed by atoms with van der Waals surface area (Å²) in [5.41, 5.74) is 2.82. The minimum Gasteiger partial charge on any atom is -0.317 e. The van der Waals surface area contributed by atoms with Gasteiger partial charge in [0.15, 0.2) is 0 Å². The van der Waals surface area contributed by atoms with Gasteiger partial charge in [-0.3, -0.25) is 4.72 Å². The molecule has 0 aliphatic heterocycles. The second kappa shape index (κ2) is 7.61. The van der Waals surface area contributed by atoms with Gasteiger partial charge in [-0.2, -0.15) is 12.7 Å². The summed E-state index contributed by atoms with van der Waals surface area (Å²) in [5.74, 6) is 0. The summed E-state index contributed by atoms with van der Waals surface area (Å²) in [6, 6.07) is 5.55. The molecule has 20 heavy (non-hydrogen) atoms. The SMILES string of the molecule is CCNCCCN(C)S(=O)(=O)Nc1ccc(C)c(C)c1. The first kappa shape index (κ1) is 16.9. The molecule has 0 fully saturated rings. The molecule has 0 saturated heterocycles. The Labute approximate surface area is 122 Å². The lowest BCUT2D eigenvalue weighted by molar-refractivity contribution is 0.459. The first-order valence-electron chi connectivity index (χ1n) is 6.89. The fraction of sp³-hybridized carbons (Fsp3) is 0.571. The normalized spacial score (nSPS) is 11.8. The van der Waals surface area contributed by atoms with E-state index in [9.17, 15) is 8.42 Å². The van der Waals surface area contributed by atoms with Crippen molar-refractivity contribution in [3.05, 3.63) is 29.3 Å². The zero-order valence-electron chi connectivity index (χ0n) is 12.7. The second-order valence-electron chi connectivity index (χ2n) is 4.93. The van der Waals surface area contributed by atoms with Crippen LogP contribution in [-0.4, -0.2) is 39.4 Å². The molecule has 0 saturated carbocycles. The fourth-order valence-corrected chi connectivity index (χ4v) is 2.71. The van der Waals surface area contributed by atoms with Crippen LogP contribution in [0.3, 0.4) is 0 Å². The van der Waals surface area contributed by atoms with Gasteiger partial charge in [0.2, 0.25) is 0 Å². The summed E-state index contributed by atoms with van der Waals surface area (Å²) in [7, 11) is -1.88. The third kappa shape index (κ3) is 5.11. The third-order valence-electron chi connectivity index (χ3n) is 3.24. The van der Waals surface area contributed by atoms with Gasteiger partial charge in [0.05, 0.1) is 5.69 Å². The van der Waals surface area contributed by atoms with Crippen LogP contribution in [0, 0.1) is 13.8 Å². The topological polar surface area (TPSA) is 61.4 Å². The van der Waals surface area contributed by atoms with Crippen molar-refractivity contribution in [3.63, 3.8) is 0 Å². The van der Waals surface area contributed by atoms with Gasteiger partial charge in [0.1, 0.15) is 0 Å². The molecular formula is C14H25N3O2S. The standard InChI is InChI=1S/C14H25N3O2S/c1-5-15-9-6-10-17(4)20(18,19)16-14-8-7-12(2)13(3)11-14/h7-8,11,15-16H,5-6,9-10H2,1-4H3. The molecule has 5 nitrogen and oxygen atoms in total. The predicted octanol–water partition coefficient (Wildman–Crippen LogP) is 1.89. The molecule has 0 spiro atoms. The van der Waals surface area contributed by atoms with E-state index in [-0.39, 0.29) is 0 Å². The molecule has 0 aromatic heterocycles. The zero-order chi connectivity index (χ0) is 15.2. The van der Waals surface area contributed by atoms with Crippen LogP contribution in [0.4, 0.5) is 5.69 Å². The van der Waals surface area contributed by atoms with Crippen LogP contribution in [0.2, 0.25) is 0 Å². The van der Waals surface area contributed by atoms with Crippen molar-refractivity contribution in [2.45, 2.75) is 27.2 Å². The van der Waals surface area contributed by atoms with Crippen molar-refractivity contribution in [2.24, 2.45) is 0 Å². The van der Waals surface area contributed by atoms with E-state index < -0.39 is 10.2 Å². The van der Waals surface area contributed by atoms with E-state index in [4.69, 9.17) is 0 Å². The van der Waals surface area contributed by atoms with Gasteiger partial charge < -0.3 is 5.32 Å². The smallest absolute Gasteiger partial charge is 0.301 e. The molecule has 0 amide bonds. The largest absolute Gasteiger partial charge is 0.317 e. The molecule has 0 heterocycles. The van der Waals surface area contributed by atoms with Gasteiger partial charge in [-0.15, -0.1) is 0 Å². The first-order chi connectivity index (χ1) is 9.36. The Morgan fingerprint density at radius 2 is 1.90 bits per heavy atom. The summed E-state index contributed by atoms with van der Waals surface area (Å²) >= 11 is 0. The van der Waals surface area contributed by atoms with E-state index in [1.54, 1.807) is 13.1 Å². The van der Waals surface area contributed by atoms with Crippen molar-refractivity contribution >= 4 is 15.9 Å². The van der Waals surface area contributed by atoms with Crippen LogP contribution < -0.4 is 10.0 Å². The van der Waals surface area contributed by atoms with Gasteiger partial charge in [-0.25, -0.2) is 0 Å². The van der Waals surface area contributed by atoms with Crippen LogP contribution in [0.15, 0.2) is 18.2 Å². The Kier molecular flexibility index (Phi) is 6.45. The fourth-order valence-electron chi connectivity index (χ4n) is 1.76. The first-order valence-corrected chi connectivity index (χ1v) is 8.33. The van der Waals surface area contributed by atoms with Crippen LogP contribution in [-0.2, 0) is 10.2 Å². The molecule has 0 aliphatic rings. The maximum Gasteiger partial charge on any atom is 0.301 e. The van der Waals surface area contributed by atoms with Crippen molar-refractivity contribution in [1.82, 2.24) is 9.62 Å². The molecule has 0 radical (unpaired) electrons. The van der Waals surface area contributed by atoms with Crippen LogP contribution in [0.5, 0.6) is 0 Å². The maximum atomic E-state index is 12.2. The second-order valence-corrected chi connectivity index (χ2v) is 6.71. The van der Waals surface area contributed by atoms with Crippen LogP contribution in [0.1, 0.15) is 24.5 Å². The molecule has 1 aromatic rings. The Hall–Kier alpha value is -1.11. The molecule has 1 aromatic carbocycles. The maximum absolute atomic E-state index is 12.2. The van der Waals surface area contributed by atoms with E-state index in [1.165, 1.54) is 4.31 Å². The van der Waals surface area contributed by atoms with Crippen molar-refractivity contribution < 1.29 is 8.42 Å². The van der Waals surface area contributed by atoms with Gasteiger partial charge >= 0.3 is 10.2 Å². The summed E-state index contributed by atoms with van der Waals surface area (Å²) in [6.07, 6.45) is 0.790. The lowest BCUT2D eigenvalue weighted by Gasteiger charge is -2.18. The summed E-state index contributed by atoms with van der Waals surface area (Å²) in [5, 5.41) is 3.18. The number of benzene rings is 1. The highest BCUT2D eigenvalue weighted by Gasteiger charge is 2.17. The summed E-state index contributed by atoms with van der Waals surface area (Å²) in [6.45, 7) is 8.21.